The van der Waals surface area contributed by atoms with Crippen LogP contribution in [-0.4, -0.2) is 36.5 Å². The van der Waals surface area contributed by atoms with E-state index in [9.17, 15) is 0 Å². The van der Waals surface area contributed by atoms with E-state index in [2.05, 4.69) is 66.7 Å². The second-order valence-electron chi connectivity index (χ2n) is 5.54. The van der Waals surface area contributed by atoms with Crippen LogP contribution in [-0.2, 0) is 4.74 Å². The molecule has 2 N–H and O–H groups in total. The first kappa shape index (κ1) is 15.7. The summed E-state index contributed by atoms with van der Waals surface area (Å²) >= 11 is 5.15. The Hall–Kier alpha value is -1.83. The van der Waals surface area contributed by atoms with E-state index >= 15 is 0 Å². The minimum absolute atomic E-state index is 0.801. The lowest BCUT2D eigenvalue weighted by Crippen LogP contribution is -2.36. The highest BCUT2D eigenvalue weighted by Gasteiger charge is 2.11. The zero-order valence-electron chi connectivity index (χ0n) is 13.0. The number of benzene rings is 1. The number of aromatic amines is 1. The lowest BCUT2D eigenvalue weighted by molar-refractivity contribution is 0.122. The highest BCUT2D eigenvalue weighted by atomic mass is 79.9. The Morgan fingerprint density at radius 3 is 2.62 bits per heavy atom. The van der Waals surface area contributed by atoms with Gasteiger partial charge in [-0.3, -0.25) is 5.10 Å². The average Bonchev–Trinajstić information content (AvgIpc) is 3.25. The van der Waals surface area contributed by atoms with Gasteiger partial charge in [-0.25, -0.2) is 0 Å². The Morgan fingerprint density at radius 1 is 1.12 bits per heavy atom. The monoisotopic (exact) mass is 404 g/mol. The quantitative estimate of drug-likeness (QED) is 0.672. The third-order valence-corrected chi connectivity index (χ3v) is 5.57. The summed E-state index contributed by atoms with van der Waals surface area (Å²) in [5, 5.41) is 10.8. The third-order valence-electron chi connectivity index (χ3n) is 3.93. The van der Waals surface area contributed by atoms with Crippen molar-refractivity contribution < 1.29 is 4.74 Å². The third kappa shape index (κ3) is 3.48. The Morgan fingerprint density at radius 2 is 1.92 bits per heavy atom. The number of aromatic nitrogens is 2. The van der Waals surface area contributed by atoms with E-state index < -0.39 is 0 Å². The number of nitrogens with one attached hydrogen (secondary N) is 2. The molecule has 0 amide bonds. The van der Waals surface area contributed by atoms with Gasteiger partial charge in [-0.15, -0.1) is 11.3 Å². The van der Waals surface area contributed by atoms with E-state index in [-0.39, 0.29) is 0 Å². The maximum absolute atomic E-state index is 5.40. The first-order valence-corrected chi connectivity index (χ1v) is 9.40. The molecule has 1 fully saturated rings. The van der Waals surface area contributed by atoms with Gasteiger partial charge in [-0.05, 0) is 52.3 Å². The molecule has 5 nitrogen and oxygen atoms in total. The highest BCUT2D eigenvalue weighted by Crippen LogP contribution is 2.31. The molecule has 0 spiro atoms. The van der Waals surface area contributed by atoms with Crippen molar-refractivity contribution >= 4 is 44.5 Å². The first-order valence-electron chi connectivity index (χ1n) is 7.79. The molecule has 3 heterocycles. The summed E-state index contributed by atoms with van der Waals surface area (Å²) in [4.78, 5) is 3.48. The molecule has 7 heteroatoms. The molecule has 4 rings (SSSR count). The maximum Gasteiger partial charge on any atom is 0.126 e. The summed E-state index contributed by atoms with van der Waals surface area (Å²) in [5.41, 5.74) is 3.21. The van der Waals surface area contributed by atoms with Crippen molar-refractivity contribution in [1.29, 1.82) is 0 Å². The van der Waals surface area contributed by atoms with Crippen LogP contribution in [0, 0.1) is 0 Å². The van der Waals surface area contributed by atoms with Crippen molar-refractivity contribution in [3.8, 4) is 10.6 Å². The molecule has 0 aliphatic carbocycles. The summed E-state index contributed by atoms with van der Waals surface area (Å²) < 4.78 is 6.50. The fourth-order valence-electron chi connectivity index (χ4n) is 2.70. The number of H-pyrrole nitrogens is 1. The second kappa shape index (κ2) is 6.96. The van der Waals surface area contributed by atoms with Gasteiger partial charge < -0.3 is 15.0 Å². The van der Waals surface area contributed by atoms with Crippen LogP contribution in [0.2, 0.25) is 0 Å². The molecular formula is C17H17BrN4OS. The summed E-state index contributed by atoms with van der Waals surface area (Å²) in [6.45, 7) is 3.51. The van der Waals surface area contributed by atoms with Gasteiger partial charge in [0.1, 0.15) is 11.5 Å². The molecule has 1 saturated heterocycles. The standard InChI is InChI=1S/C17H17BrN4OS/c18-16-6-5-15(24-16)14-11-17(21-20-14)19-12-1-3-13(4-2-12)22-7-9-23-10-8-22/h1-6,11H,7-10H2,(H2,19,20,21). The van der Waals surface area contributed by atoms with E-state index in [0.29, 0.717) is 0 Å². The number of anilines is 3. The lowest BCUT2D eigenvalue weighted by atomic mass is 10.2. The number of hydrogen-bond donors (Lipinski definition) is 2. The van der Waals surface area contributed by atoms with Crippen LogP contribution in [0.15, 0.2) is 46.3 Å². The van der Waals surface area contributed by atoms with Crippen LogP contribution in [0.5, 0.6) is 0 Å². The van der Waals surface area contributed by atoms with E-state index in [4.69, 9.17) is 4.74 Å². The number of morpholine rings is 1. The molecule has 0 saturated carbocycles. The van der Waals surface area contributed by atoms with Gasteiger partial charge >= 0.3 is 0 Å². The summed E-state index contributed by atoms with van der Waals surface area (Å²) in [6, 6.07) is 14.6. The minimum Gasteiger partial charge on any atom is -0.378 e. The number of rotatable bonds is 4. The van der Waals surface area contributed by atoms with Crippen molar-refractivity contribution in [1.82, 2.24) is 10.2 Å². The lowest BCUT2D eigenvalue weighted by Gasteiger charge is -2.28. The van der Waals surface area contributed by atoms with Crippen LogP contribution >= 0.6 is 27.3 Å². The van der Waals surface area contributed by atoms with Crippen molar-refractivity contribution in [2.45, 2.75) is 0 Å². The minimum atomic E-state index is 0.801. The Kier molecular flexibility index (Phi) is 4.55. The predicted molar refractivity (Wildman–Crippen MR) is 102 cm³/mol. The first-order chi connectivity index (χ1) is 11.8. The van der Waals surface area contributed by atoms with Crippen molar-refractivity contribution in [3.05, 3.63) is 46.3 Å². The summed E-state index contributed by atoms with van der Waals surface area (Å²) in [5.74, 6) is 0.883. The molecule has 1 aliphatic heterocycles. The van der Waals surface area contributed by atoms with Crippen LogP contribution < -0.4 is 10.2 Å². The molecule has 124 valence electrons. The SMILES string of the molecule is Brc1ccc(-c2cc(Nc3ccc(N4CCOCC4)cc3)[nH]n2)s1. The van der Waals surface area contributed by atoms with Gasteiger partial charge in [-0.1, -0.05) is 0 Å². The van der Waals surface area contributed by atoms with Gasteiger partial charge in [0.15, 0.2) is 0 Å². The van der Waals surface area contributed by atoms with Crippen LogP contribution in [0.3, 0.4) is 0 Å². The number of thiophene rings is 1. The Bertz CT molecular complexity index is 808. The number of hydrogen-bond acceptors (Lipinski definition) is 5. The van der Waals surface area contributed by atoms with Gasteiger partial charge in [0, 0.05) is 30.5 Å². The van der Waals surface area contributed by atoms with Gasteiger partial charge in [-0.2, -0.15) is 5.10 Å². The van der Waals surface area contributed by atoms with Crippen LogP contribution in [0.4, 0.5) is 17.2 Å². The molecular weight excluding hydrogens is 388 g/mol. The topological polar surface area (TPSA) is 53.2 Å². The fourth-order valence-corrected chi connectivity index (χ4v) is 4.04. The van der Waals surface area contributed by atoms with Crippen LogP contribution in [0.1, 0.15) is 0 Å². The second-order valence-corrected chi connectivity index (χ2v) is 8.00. The number of nitrogens with zero attached hydrogens (tertiary/aromatic N) is 2. The van der Waals surface area contributed by atoms with Gasteiger partial charge in [0.25, 0.3) is 0 Å². The fraction of sp³-hybridized carbons (Fsp3) is 0.235. The molecule has 0 radical (unpaired) electrons. The van der Waals surface area contributed by atoms with E-state index in [1.165, 1.54) is 5.69 Å². The van der Waals surface area contributed by atoms with E-state index in [0.717, 1.165) is 52.2 Å². The summed E-state index contributed by atoms with van der Waals surface area (Å²) in [6.07, 6.45) is 0. The molecule has 1 aromatic carbocycles. The zero-order valence-corrected chi connectivity index (χ0v) is 15.4. The van der Waals surface area contributed by atoms with Crippen molar-refractivity contribution in [2.24, 2.45) is 0 Å². The molecule has 0 unspecified atom stereocenters. The Labute approximate surface area is 152 Å². The van der Waals surface area contributed by atoms with E-state index in [1.807, 2.05) is 12.1 Å². The summed E-state index contributed by atoms with van der Waals surface area (Å²) in [7, 11) is 0. The maximum atomic E-state index is 5.40. The normalized spacial score (nSPS) is 14.8. The Balaban J connectivity index is 1.44. The number of ether oxygens (including phenoxy) is 1. The molecule has 1 aliphatic rings. The molecule has 3 aromatic rings. The molecule has 0 atom stereocenters. The predicted octanol–water partition coefficient (Wildman–Crippen LogP) is 4.48. The smallest absolute Gasteiger partial charge is 0.126 e. The average molecular weight is 405 g/mol. The van der Waals surface area contributed by atoms with Gasteiger partial charge in [0.05, 0.1) is 21.9 Å². The molecule has 2 aromatic heterocycles. The zero-order chi connectivity index (χ0) is 16.4. The molecule has 24 heavy (non-hydrogen) atoms. The largest absolute Gasteiger partial charge is 0.378 e. The van der Waals surface area contributed by atoms with Crippen molar-refractivity contribution in [2.75, 3.05) is 36.5 Å². The van der Waals surface area contributed by atoms with Crippen molar-refractivity contribution in [3.63, 3.8) is 0 Å². The highest BCUT2D eigenvalue weighted by molar-refractivity contribution is 9.11. The number of halogens is 1. The van der Waals surface area contributed by atoms with Crippen LogP contribution in [0.25, 0.3) is 10.6 Å². The molecule has 0 bridgehead atoms. The van der Waals surface area contributed by atoms with E-state index in [1.54, 1.807) is 11.3 Å². The van der Waals surface area contributed by atoms with Gasteiger partial charge in [0.2, 0.25) is 0 Å².